The van der Waals surface area contributed by atoms with Crippen LogP contribution in [0.1, 0.15) is 58.8 Å². The Morgan fingerprint density at radius 2 is 1.05 bits per heavy atom. The van der Waals surface area contributed by atoms with Crippen LogP contribution in [0.5, 0.6) is 0 Å². The summed E-state index contributed by atoms with van der Waals surface area (Å²) >= 11 is 0. The van der Waals surface area contributed by atoms with Gasteiger partial charge in [0.25, 0.3) is 0 Å². The Kier molecular flexibility index (Phi) is 25.6. The van der Waals surface area contributed by atoms with E-state index >= 15 is 0 Å². The van der Waals surface area contributed by atoms with E-state index in [1.54, 1.807) is 0 Å². The molecular weight excluding hydrogens is 244 g/mol. The van der Waals surface area contributed by atoms with Crippen LogP contribution in [0.4, 0.5) is 0 Å². The van der Waals surface area contributed by atoms with Gasteiger partial charge in [0.1, 0.15) is 0 Å². The fraction of sp³-hybridized carbons (Fsp3) is 1.00. The first-order chi connectivity index (χ1) is 9.33. The molecule has 0 atom stereocenters. The third-order valence-electron chi connectivity index (χ3n) is 2.51. The molecule has 19 heavy (non-hydrogen) atoms. The van der Waals surface area contributed by atoms with E-state index in [0.29, 0.717) is 13.2 Å². The summed E-state index contributed by atoms with van der Waals surface area (Å²) in [6, 6.07) is 0. The second kappa shape index (κ2) is 23.0. The van der Waals surface area contributed by atoms with Gasteiger partial charge in [0, 0.05) is 13.2 Å². The number of rotatable bonds is 13. The molecule has 4 heteroatoms. The minimum atomic E-state index is 0.0278. The van der Waals surface area contributed by atoms with Crippen molar-refractivity contribution in [2.45, 2.75) is 58.8 Å². The number of ether oxygens (including phenoxy) is 2. The zero-order chi connectivity index (χ0) is 14.6. The molecule has 0 aromatic carbocycles. The van der Waals surface area contributed by atoms with Gasteiger partial charge in [0.05, 0.1) is 26.4 Å². The normalized spacial score (nSPS) is 10.1. The van der Waals surface area contributed by atoms with Crippen molar-refractivity contribution in [2.75, 3.05) is 39.6 Å². The smallest absolute Gasteiger partial charge is 0.0698 e. The van der Waals surface area contributed by atoms with Crippen LogP contribution in [0, 0.1) is 0 Å². The average Bonchev–Trinajstić information content (AvgIpc) is 2.43. The molecule has 0 amide bonds. The van der Waals surface area contributed by atoms with Crippen LogP contribution >= 0.6 is 0 Å². The Morgan fingerprint density at radius 3 is 1.58 bits per heavy atom. The van der Waals surface area contributed by atoms with E-state index in [9.17, 15) is 0 Å². The summed E-state index contributed by atoms with van der Waals surface area (Å²) in [6.45, 7) is 7.08. The van der Waals surface area contributed by atoms with Crippen LogP contribution in [-0.4, -0.2) is 49.9 Å². The third kappa shape index (κ3) is 27.2. The average molecular weight is 278 g/mol. The van der Waals surface area contributed by atoms with Gasteiger partial charge in [0.15, 0.2) is 0 Å². The molecule has 0 rings (SSSR count). The van der Waals surface area contributed by atoms with Gasteiger partial charge in [-0.1, -0.05) is 46.0 Å². The molecule has 2 N–H and O–H groups in total. The summed E-state index contributed by atoms with van der Waals surface area (Å²) in [6.07, 6.45) is 9.16. The molecule has 0 aliphatic heterocycles. The van der Waals surface area contributed by atoms with Crippen molar-refractivity contribution in [1.82, 2.24) is 0 Å². The van der Waals surface area contributed by atoms with Crippen LogP contribution in [0.3, 0.4) is 0 Å². The predicted octanol–water partition coefficient (Wildman–Crippen LogP) is 2.76. The largest absolute Gasteiger partial charge is 0.394 e. The second-order valence-corrected chi connectivity index (χ2v) is 4.44. The second-order valence-electron chi connectivity index (χ2n) is 4.44. The predicted molar refractivity (Wildman–Crippen MR) is 79.5 cm³/mol. The summed E-state index contributed by atoms with van der Waals surface area (Å²) in [5.74, 6) is 0. The number of hydrogen-bond donors (Lipinski definition) is 2. The van der Waals surface area contributed by atoms with E-state index in [2.05, 4.69) is 18.6 Å². The van der Waals surface area contributed by atoms with E-state index in [-0.39, 0.29) is 13.2 Å². The van der Waals surface area contributed by atoms with Gasteiger partial charge in [-0.2, -0.15) is 0 Å². The summed E-state index contributed by atoms with van der Waals surface area (Å²) in [4.78, 5) is 0. The molecule has 0 bridgehead atoms. The van der Waals surface area contributed by atoms with E-state index in [1.165, 1.54) is 44.9 Å². The molecule has 0 aromatic rings. The van der Waals surface area contributed by atoms with Crippen molar-refractivity contribution in [3.63, 3.8) is 0 Å². The highest BCUT2D eigenvalue weighted by Gasteiger charge is 1.89. The molecule has 0 aliphatic carbocycles. The molecule has 0 saturated carbocycles. The quantitative estimate of drug-likeness (QED) is 0.509. The van der Waals surface area contributed by atoms with Crippen LogP contribution < -0.4 is 0 Å². The first kappa shape index (κ1) is 21.1. The van der Waals surface area contributed by atoms with Gasteiger partial charge in [-0.05, 0) is 12.8 Å². The standard InChI is InChI=1S/C11H24O.C4H10O3/c1-3-5-7-8-9-11-12-10-6-4-2;5-1-3-7-4-2-6/h3-11H2,1-2H3;5-6H,1-4H2. The van der Waals surface area contributed by atoms with Crippen LogP contribution in [-0.2, 0) is 9.47 Å². The van der Waals surface area contributed by atoms with E-state index in [4.69, 9.17) is 14.9 Å². The zero-order valence-corrected chi connectivity index (χ0v) is 12.9. The molecule has 0 radical (unpaired) electrons. The van der Waals surface area contributed by atoms with Crippen LogP contribution in [0.25, 0.3) is 0 Å². The Labute approximate surface area is 119 Å². The first-order valence-electron chi connectivity index (χ1n) is 7.70. The van der Waals surface area contributed by atoms with Crippen LogP contribution in [0.2, 0.25) is 0 Å². The fourth-order valence-electron chi connectivity index (χ4n) is 1.39. The van der Waals surface area contributed by atoms with Crippen LogP contribution in [0.15, 0.2) is 0 Å². The maximum absolute atomic E-state index is 8.09. The topological polar surface area (TPSA) is 58.9 Å². The SMILES string of the molecule is CCCCCCCOCCCC.OCCOCCO. The molecule has 4 nitrogen and oxygen atoms in total. The lowest BCUT2D eigenvalue weighted by molar-refractivity contribution is 0.0650. The molecule has 0 unspecified atom stereocenters. The van der Waals surface area contributed by atoms with Crippen molar-refractivity contribution in [3.8, 4) is 0 Å². The highest BCUT2D eigenvalue weighted by molar-refractivity contribution is 4.41. The lowest BCUT2D eigenvalue weighted by Gasteiger charge is -2.02. The highest BCUT2D eigenvalue weighted by Crippen LogP contribution is 2.02. The minimum absolute atomic E-state index is 0.0278. The molecule has 0 aromatic heterocycles. The number of aliphatic hydroxyl groups excluding tert-OH is 2. The Hall–Kier alpha value is -0.160. The van der Waals surface area contributed by atoms with Gasteiger partial charge in [-0.15, -0.1) is 0 Å². The van der Waals surface area contributed by atoms with Crippen molar-refractivity contribution in [2.24, 2.45) is 0 Å². The summed E-state index contributed by atoms with van der Waals surface area (Å²) in [5, 5.41) is 16.2. The lowest BCUT2D eigenvalue weighted by atomic mass is 10.2. The molecule has 0 spiro atoms. The van der Waals surface area contributed by atoms with Crippen molar-refractivity contribution in [3.05, 3.63) is 0 Å². The van der Waals surface area contributed by atoms with Gasteiger partial charge in [-0.25, -0.2) is 0 Å². The summed E-state index contributed by atoms with van der Waals surface area (Å²) in [7, 11) is 0. The lowest BCUT2D eigenvalue weighted by Crippen LogP contribution is -2.03. The Morgan fingerprint density at radius 1 is 0.579 bits per heavy atom. The summed E-state index contributed by atoms with van der Waals surface area (Å²) < 4.78 is 10.1. The summed E-state index contributed by atoms with van der Waals surface area (Å²) in [5.41, 5.74) is 0. The number of hydrogen-bond acceptors (Lipinski definition) is 4. The third-order valence-corrected chi connectivity index (χ3v) is 2.51. The maximum Gasteiger partial charge on any atom is 0.0698 e. The minimum Gasteiger partial charge on any atom is -0.394 e. The highest BCUT2D eigenvalue weighted by atomic mass is 16.5. The molecule has 118 valence electrons. The van der Waals surface area contributed by atoms with Gasteiger partial charge < -0.3 is 19.7 Å². The Balaban J connectivity index is 0. The van der Waals surface area contributed by atoms with Crippen molar-refractivity contribution in [1.29, 1.82) is 0 Å². The maximum atomic E-state index is 8.09. The molecule has 0 heterocycles. The molecule has 0 saturated heterocycles. The zero-order valence-electron chi connectivity index (χ0n) is 12.9. The molecule has 0 fully saturated rings. The van der Waals surface area contributed by atoms with Gasteiger partial charge >= 0.3 is 0 Å². The first-order valence-corrected chi connectivity index (χ1v) is 7.70. The number of unbranched alkanes of at least 4 members (excludes halogenated alkanes) is 5. The van der Waals surface area contributed by atoms with Crippen molar-refractivity contribution < 1.29 is 19.7 Å². The van der Waals surface area contributed by atoms with Gasteiger partial charge in [0.2, 0.25) is 0 Å². The van der Waals surface area contributed by atoms with E-state index in [0.717, 1.165) is 13.2 Å². The molecule has 0 aliphatic rings. The number of aliphatic hydroxyl groups is 2. The van der Waals surface area contributed by atoms with Crippen molar-refractivity contribution >= 4 is 0 Å². The van der Waals surface area contributed by atoms with E-state index in [1.807, 2.05) is 0 Å². The fourth-order valence-corrected chi connectivity index (χ4v) is 1.39. The van der Waals surface area contributed by atoms with Gasteiger partial charge in [-0.3, -0.25) is 0 Å². The Bertz CT molecular complexity index is 117. The monoisotopic (exact) mass is 278 g/mol. The molecular formula is C15H34O4. The van der Waals surface area contributed by atoms with E-state index < -0.39 is 0 Å².